The Bertz CT molecular complexity index is 827. The molecule has 3 rings (SSSR count). The van der Waals surface area contributed by atoms with Crippen LogP contribution in [-0.2, 0) is 6.54 Å². The maximum absolute atomic E-state index is 9.39. The van der Waals surface area contributed by atoms with Gasteiger partial charge in [0.1, 0.15) is 11.5 Å². The van der Waals surface area contributed by atoms with Gasteiger partial charge in [0.2, 0.25) is 0 Å². The molecule has 0 saturated heterocycles. The van der Waals surface area contributed by atoms with Gasteiger partial charge in [-0.2, -0.15) is 0 Å². The first kappa shape index (κ1) is 20.0. The Morgan fingerprint density at radius 3 is 2.11 bits per heavy atom. The van der Waals surface area contributed by atoms with Gasteiger partial charge in [-0.25, -0.2) is 0 Å². The quantitative estimate of drug-likeness (QED) is 0.486. The second-order valence-electron chi connectivity index (χ2n) is 7.33. The molecule has 0 fully saturated rings. The van der Waals surface area contributed by atoms with Crippen molar-refractivity contribution < 1.29 is 9.84 Å². The van der Waals surface area contributed by atoms with Crippen molar-refractivity contribution in [2.75, 3.05) is 6.54 Å². The van der Waals surface area contributed by atoms with Crippen LogP contribution in [0.25, 0.3) is 0 Å². The molecular weight excluding hydrogens is 346 g/mol. The third-order valence-corrected chi connectivity index (χ3v) is 4.73. The lowest BCUT2D eigenvalue weighted by Crippen LogP contribution is -2.17. The van der Waals surface area contributed by atoms with Crippen LogP contribution in [0.5, 0.6) is 11.5 Å². The van der Waals surface area contributed by atoms with Crippen molar-refractivity contribution in [1.29, 1.82) is 0 Å². The highest BCUT2D eigenvalue weighted by atomic mass is 16.5. The van der Waals surface area contributed by atoms with E-state index in [1.807, 2.05) is 26.0 Å². The summed E-state index contributed by atoms with van der Waals surface area (Å²) in [5, 5.41) is 12.9. The lowest BCUT2D eigenvalue weighted by atomic mass is 9.88. The second kappa shape index (κ2) is 9.95. The molecule has 0 amide bonds. The lowest BCUT2D eigenvalue weighted by Gasteiger charge is -2.19. The maximum atomic E-state index is 9.39. The number of hydrogen-bond acceptors (Lipinski definition) is 3. The fourth-order valence-electron chi connectivity index (χ4n) is 3.35. The number of rotatable bonds is 9. The molecule has 0 unspecified atom stereocenters. The van der Waals surface area contributed by atoms with E-state index in [0.717, 1.165) is 25.3 Å². The van der Waals surface area contributed by atoms with Gasteiger partial charge in [-0.3, -0.25) is 0 Å². The monoisotopic (exact) mass is 375 g/mol. The Morgan fingerprint density at radius 2 is 1.46 bits per heavy atom. The molecule has 0 aliphatic heterocycles. The molecule has 146 valence electrons. The van der Waals surface area contributed by atoms with E-state index in [0.29, 0.717) is 11.7 Å². The third-order valence-electron chi connectivity index (χ3n) is 4.73. The van der Waals surface area contributed by atoms with Gasteiger partial charge in [0.15, 0.2) is 0 Å². The Labute approximate surface area is 168 Å². The molecule has 0 spiro atoms. The molecule has 3 heteroatoms. The van der Waals surface area contributed by atoms with Crippen LogP contribution in [0.1, 0.15) is 42.9 Å². The molecule has 1 atom stereocenters. The zero-order valence-electron chi connectivity index (χ0n) is 16.6. The van der Waals surface area contributed by atoms with E-state index in [4.69, 9.17) is 4.74 Å². The maximum Gasteiger partial charge on any atom is 0.119 e. The van der Waals surface area contributed by atoms with Crippen LogP contribution >= 0.6 is 0 Å². The molecule has 28 heavy (non-hydrogen) atoms. The summed E-state index contributed by atoms with van der Waals surface area (Å²) in [6.07, 6.45) is 1.19. The first-order chi connectivity index (χ1) is 13.6. The number of ether oxygens (including phenoxy) is 1. The van der Waals surface area contributed by atoms with E-state index in [1.165, 1.54) is 16.7 Å². The predicted octanol–water partition coefficient (Wildman–Crippen LogP) is 5.49. The van der Waals surface area contributed by atoms with Crippen molar-refractivity contribution in [3.8, 4) is 11.5 Å². The molecule has 0 aromatic heterocycles. The normalized spacial score (nSPS) is 12.1. The smallest absolute Gasteiger partial charge is 0.119 e. The number of phenolic OH excluding ortho intramolecular Hbond substituents is 1. The zero-order valence-corrected chi connectivity index (χ0v) is 16.6. The van der Waals surface area contributed by atoms with E-state index in [1.54, 1.807) is 12.1 Å². The fourth-order valence-corrected chi connectivity index (χ4v) is 3.35. The van der Waals surface area contributed by atoms with Gasteiger partial charge in [0.05, 0.1) is 6.10 Å². The van der Waals surface area contributed by atoms with Crippen molar-refractivity contribution in [3.63, 3.8) is 0 Å². The van der Waals surface area contributed by atoms with Crippen molar-refractivity contribution in [2.45, 2.75) is 38.8 Å². The lowest BCUT2D eigenvalue weighted by molar-refractivity contribution is 0.242. The number of nitrogens with one attached hydrogen (secondary N) is 1. The second-order valence-corrected chi connectivity index (χ2v) is 7.33. The van der Waals surface area contributed by atoms with E-state index >= 15 is 0 Å². The Morgan fingerprint density at radius 1 is 0.821 bits per heavy atom. The van der Waals surface area contributed by atoms with E-state index < -0.39 is 0 Å². The molecule has 0 aliphatic carbocycles. The molecule has 0 aliphatic rings. The molecule has 0 heterocycles. The summed E-state index contributed by atoms with van der Waals surface area (Å²) in [7, 11) is 0. The molecule has 3 aromatic rings. The SMILES string of the molecule is CC(C)Oc1ccc([C@H](CCNCc2ccc(O)cc2)c2ccccc2)cc1. The summed E-state index contributed by atoms with van der Waals surface area (Å²) in [5.74, 6) is 1.55. The summed E-state index contributed by atoms with van der Waals surface area (Å²) in [5.41, 5.74) is 3.80. The zero-order chi connectivity index (χ0) is 19.8. The summed E-state index contributed by atoms with van der Waals surface area (Å²) in [6.45, 7) is 5.79. The molecule has 0 bridgehead atoms. The average molecular weight is 376 g/mol. The number of aromatic hydroxyl groups is 1. The minimum absolute atomic E-state index is 0.180. The fraction of sp³-hybridized carbons (Fsp3) is 0.280. The van der Waals surface area contributed by atoms with Crippen LogP contribution in [0.15, 0.2) is 78.9 Å². The summed E-state index contributed by atoms with van der Waals surface area (Å²) >= 11 is 0. The van der Waals surface area contributed by atoms with Crippen molar-refractivity contribution in [1.82, 2.24) is 5.32 Å². The van der Waals surface area contributed by atoms with Crippen LogP contribution in [-0.4, -0.2) is 17.8 Å². The topological polar surface area (TPSA) is 41.5 Å². The minimum Gasteiger partial charge on any atom is -0.508 e. The van der Waals surface area contributed by atoms with Gasteiger partial charge in [0, 0.05) is 12.5 Å². The highest BCUT2D eigenvalue weighted by Crippen LogP contribution is 2.29. The van der Waals surface area contributed by atoms with Crippen molar-refractivity contribution >= 4 is 0 Å². The van der Waals surface area contributed by atoms with Crippen LogP contribution in [0.2, 0.25) is 0 Å². The van der Waals surface area contributed by atoms with Gasteiger partial charge in [-0.15, -0.1) is 0 Å². The van der Waals surface area contributed by atoms with E-state index in [9.17, 15) is 5.11 Å². The Kier molecular flexibility index (Phi) is 7.10. The molecule has 0 saturated carbocycles. The minimum atomic E-state index is 0.180. The molecule has 3 aromatic carbocycles. The molecular formula is C25H29NO2. The summed E-state index contributed by atoms with van der Waals surface area (Å²) in [4.78, 5) is 0. The van der Waals surface area contributed by atoms with Crippen LogP contribution in [0.3, 0.4) is 0 Å². The number of benzene rings is 3. The van der Waals surface area contributed by atoms with E-state index in [-0.39, 0.29) is 6.10 Å². The molecule has 3 nitrogen and oxygen atoms in total. The van der Waals surface area contributed by atoms with Gasteiger partial charge in [-0.05, 0) is 67.8 Å². The highest BCUT2D eigenvalue weighted by Gasteiger charge is 2.14. The largest absolute Gasteiger partial charge is 0.508 e. The first-order valence-electron chi connectivity index (χ1n) is 9.92. The Balaban J connectivity index is 1.65. The van der Waals surface area contributed by atoms with Crippen LogP contribution in [0, 0.1) is 0 Å². The van der Waals surface area contributed by atoms with Gasteiger partial charge in [-0.1, -0.05) is 54.6 Å². The molecule has 0 radical (unpaired) electrons. The average Bonchev–Trinajstić information content (AvgIpc) is 2.70. The van der Waals surface area contributed by atoms with E-state index in [2.05, 4.69) is 59.9 Å². The van der Waals surface area contributed by atoms with Gasteiger partial charge >= 0.3 is 0 Å². The molecule has 2 N–H and O–H groups in total. The van der Waals surface area contributed by atoms with Gasteiger partial charge < -0.3 is 15.2 Å². The standard InChI is InChI=1S/C25H29NO2/c1-19(2)28-24-14-10-22(11-15-24)25(21-6-4-3-5-7-21)16-17-26-18-20-8-12-23(27)13-9-20/h3-15,19,25-27H,16-18H2,1-2H3/t25-/m1/s1. The third kappa shape index (κ3) is 5.86. The number of phenols is 1. The van der Waals surface area contributed by atoms with Crippen molar-refractivity contribution in [2.24, 2.45) is 0 Å². The predicted molar refractivity (Wildman–Crippen MR) is 115 cm³/mol. The summed E-state index contributed by atoms with van der Waals surface area (Å²) < 4.78 is 5.78. The first-order valence-corrected chi connectivity index (χ1v) is 9.92. The number of hydrogen-bond donors (Lipinski definition) is 2. The van der Waals surface area contributed by atoms with Crippen LogP contribution in [0.4, 0.5) is 0 Å². The Hall–Kier alpha value is -2.78. The van der Waals surface area contributed by atoms with Gasteiger partial charge in [0.25, 0.3) is 0 Å². The highest BCUT2D eigenvalue weighted by molar-refractivity contribution is 5.36. The van der Waals surface area contributed by atoms with Crippen molar-refractivity contribution in [3.05, 3.63) is 95.6 Å². The summed E-state index contributed by atoms with van der Waals surface area (Å²) in [6, 6.07) is 26.5. The van der Waals surface area contributed by atoms with Crippen LogP contribution < -0.4 is 10.1 Å².